The topological polar surface area (TPSA) is 94.2 Å². The number of nitrogens with zero attached hydrogens (tertiary/aromatic N) is 1. The van der Waals surface area contributed by atoms with Gasteiger partial charge >= 0.3 is 12.1 Å². The van der Waals surface area contributed by atoms with Gasteiger partial charge in [0, 0.05) is 13.0 Å². The number of alkyl carbamates (subject to hydrolysis) is 1. The van der Waals surface area contributed by atoms with Gasteiger partial charge in [0.25, 0.3) is 0 Å². The van der Waals surface area contributed by atoms with Crippen LogP contribution in [0, 0.1) is 0 Å². The van der Waals surface area contributed by atoms with Crippen molar-refractivity contribution in [3.63, 3.8) is 0 Å². The number of nitrogens with one attached hydrogen (secondary N) is 1. The smallest absolute Gasteiger partial charge is 0.407 e. The molecule has 5 rings (SSSR count). The minimum atomic E-state index is -1.32. The number of hydroxylamine groups is 2. The molecule has 214 valence electrons. The lowest BCUT2D eigenvalue weighted by molar-refractivity contribution is -0.171. The maximum Gasteiger partial charge on any atom is 0.407 e. The second-order valence-electron chi connectivity index (χ2n) is 9.94. The predicted molar refractivity (Wildman–Crippen MR) is 157 cm³/mol. The Morgan fingerprint density at radius 3 is 1.79 bits per heavy atom. The lowest BCUT2D eigenvalue weighted by atomic mass is 9.98. The predicted octanol–water partition coefficient (Wildman–Crippen LogP) is 5.64. The van der Waals surface area contributed by atoms with E-state index in [2.05, 4.69) is 5.32 Å². The van der Waals surface area contributed by atoms with E-state index in [1.54, 1.807) is 0 Å². The Kier molecular flexibility index (Phi) is 8.94. The maximum absolute atomic E-state index is 13.6. The van der Waals surface area contributed by atoms with Crippen molar-refractivity contribution in [2.75, 3.05) is 20.8 Å². The normalized spacial score (nSPS) is 12.6. The summed E-state index contributed by atoms with van der Waals surface area (Å²) in [5.41, 5.74) is 5.82. The van der Waals surface area contributed by atoms with Crippen LogP contribution < -0.4 is 5.32 Å². The zero-order chi connectivity index (χ0) is 29.5. The van der Waals surface area contributed by atoms with Crippen LogP contribution >= 0.6 is 0 Å². The van der Waals surface area contributed by atoms with E-state index in [1.807, 2.05) is 109 Å². The molecular formula is C34H32N2O6. The summed E-state index contributed by atoms with van der Waals surface area (Å²) in [7, 11) is 2.76. The molecule has 1 aliphatic carbocycles. The van der Waals surface area contributed by atoms with E-state index in [9.17, 15) is 14.4 Å². The van der Waals surface area contributed by atoms with Crippen LogP contribution in [0.4, 0.5) is 4.79 Å². The monoisotopic (exact) mass is 564 g/mol. The summed E-state index contributed by atoms with van der Waals surface area (Å²) in [6.45, 7) is 0.0597. The van der Waals surface area contributed by atoms with Gasteiger partial charge < -0.3 is 14.8 Å². The first-order valence-corrected chi connectivity index (χ1v) is 13.7. The average Bonchev–Trinajstić information content (AvgIpc) is 3.36. The van der Waals surface area contributed by atoms with Gasteiger partial charge in [0.05, 0.1) is 13.5 Å². The number of ether oxygens (including phenoxy) is 2. The van der Waals surface area contributed by atoms with Crippen molar-refractivity contribution >= 4 is 18.0 Å². The number of benzene rings is 4. The van der Waals surface area contributed by atoms with Gasteiger partial charge in [-0.15, -0.1) is 0 Å². The molecule has 2 amide bonds. The fourth-order valence-corrected chi connectivity index (χ4v) is 5.16. The largest absolute Gasteiger partial charge is 0.451 e. The van der Waals surface area contributed by atoms with E-state index in [0.29, 0.717) is 0 Å². The van der Waals surface area contributed by atoms with E-state index < -0.39 is 30.1 Å². The minimum absolute atomic E-state index is 0.0597. The quantitative estimate of drug-likeness (QED) is 0.198. The van der Waals surface area contributed by atoms with Crippen LogP contribution in [0.15, 0.2) is 109 Å². The van der Waals surface area contributed by atoms with Crippen molar-refractivity contribution in [1.29, 1.82) is 0 Å². The second kappa shape index (κ2) is 13.1. The Bertz CT molecular complexity index is 1460. The minimum Gasteiger partial charge on any atom is -0.451 e. The highest BCUT2D eigenvalue weighted by Crippen LogP contribution is 2.44. The Morgan fingerprint density at radius 1 is 0.762 bits per heavy atom. The molecule has 0 aliphatic heterocycles. The lowest BCUT2D eigenvalue weighted by Crippen LogP contribution is -2.46. The molecular weight excluding hydrogens is 532 g/mol. The van der Waals surface area contributed by atoms with Crippen LogP contribution in [0.3, 0.4) is 0 Å². The Hall–Kier alpha value is -4.95. The molecule has 1 unspecified atom stereocenters. The SMILES string of the molecule is CON(C)C(=O)CC(NC(=O)OCC1c2ccccc2-c2ccccc21)C(=O)OC(c1ccccc1)c1ccccc1. The van der Waals surface area contributed by atoms with Gasteiger partial charge in [-0.25, -0.2) is 14.7 Å². The van der Waals surface area contributed by atoms with Crippen LogP contribution in [0.5, 0.6) is 0 Å². The first-order valence-electron chi connectivity index (χ1n) is 13.7. The lowest BCUT2D eigenvalue weighted by Gasteiger charge is -2.24. The maximum atomic E-state index is 13.6. The molecule has 1 atom stereocenters. The molecule has 0 fully saturated rings. The first kappa shape index (κ1) is 28.6. The van der Waals surface area contributed by atoms with E-state index in [0.717, 1.165) is 38.4 Å². The van der Waals surface area contributed by atoms with Crippen molar-refractivity contribution in [3.8, 4) is 11.1 Å². The Labute approximate surface area is 244 Å². The molecule has 0 radical (unpaired) electrons. The zero-order valence-electron chi connectivity index (χ0n) is 23.4. The van der Waals surface area contributed by atoms with Gasteiger partial charge in [-0.1, -0.05) is 109 Å². The summed E-state index contributed by atoms with van der Waals surface area (Å²) in [6.07, 6.45) is -1.96. The summed E-state index contributed by atoms with van der Waals surface area (Å²) in [5, 5.41) is 3.56. The summed E-state index contributed by atoms with van der Waals surface area (Å²) >= 11 is 0. The highest BCUT2D eigenvalue weighted by atomic mass is 16.7. The van der Waals surface area contributed by atoms with Gasteiger partial charge in [0.15, 0.2) is 6.10 Å². The molecule has 0 bridgehead atoms. The third-order valence-electron chi connectivity index (χ3n) is 7.36. The van der Waals surface area contributed by atoms with Crippen molar-refractivity contribution in [2.45, 2.75) is 24.5 Å². The summed E-state index contributed by atoms with van der Waals surface area (Å²) < 4.78 is 11.6. The van der Waals surface area contributed by atoms with Gasteiger partial charge in [-0.2, -0.15) is 0 Å². The molecule has 42 heavy (non-hydrogen) atoms. The molecule has 0 spiro atoms. The average molecular weight is 565 g/mol. The Morgan fingerprint density at radius 2 is 1.26 bits per heavy atom. The van der Waals surface area contributed by atoms with Gasteiger partial charge in [0.1, 0.15) is 12.6 Å². The van der Waals surface area contributed by atoms with Crippen LogP contribution in [-0.4, -0.2) is 49.8 Å². The van der Waals surface area contributed by atoms with Crippen molar-refractivity contribution in [3.05, 3.63) is 131 Å². The van der Waals surface area contributed by atoms with Gasteiger partial charge in [-0.3, -0.25) is 9.63 Å². The fourth-order valence-electron chi connectivity index (χ4n) is 5.16. The van der Waals surface area contributed by atoms with Crippen LogP contribution in [-0.2, 0) is 23.9 Å². The second-order valence-corrected chi connectivity index (χ2v) is 9.94. The number of rotatable bonds is 10. The third-order valence-corrected chi connectivity index (χ3v) is 7.36. The number of hydrogen-bond acceptors (Lipinski definition) is 6. The van der Waals surface area contributed by atoms with E-state index in [4.69, 9.17) is 14.3 Å². The van der Waals surface area contributed by atoms with E-state index in [-0.39, 0.29) is 18.9 Å². The van der Waals surface area contributed by atoms with Crippen molar-refractivity contribution in [2.24, 2.45) is 0 Å². The molecule has 0 saturated carbocycles. The third kappa shape index (κ3) is 6.34. The van der Waals surface area contributed by atoms with E-state index in [1.165, 1.54) is 14.2 Å². The number of carbonyl (C=O) groups is 3. The van der Waals surface area contributed by atoms with E-state index >= 15 is 0 Å². The van der Waals surface area contributed by atoms with Crippen molar-refractivity contribution in [1.82, 2.24) is 10.4 Å². The summed E-state index contributed by atoms with van der Waals surface area (Å²) in [6, 6.07) is 33.2. The Balaban J connectivity index is 1.33. The summed E-state index contributed by atoms with van der Waals surface area (Å²) in [4.78, 5) is 44.4. The molecule has 8 nitrogen and oxygen atoms in total. The molecule has 0 heterocycles. The molecule has 0 saturated heterocycles. The number of hydrogen-bond donors (Lipinski definition) is 1. The zero-order valence-corrected chi connectivity index (χ0v) is 23.4. The molecule has 4 aromatic rings. The van der Waals surface area contributed by atoms with Crippen LogP contribution in [0.2, 0.25) is 0 Å². The number of fused-ring (bicyclic) bond motifs is 3. The van der Waals surface area contributed by atoms with Gasteiger partial charge in [-0.05, 0) is 33.4 Å². The first-order chi connectivity index (χ1) is 20.5. The van der Waals surface area contributed by atoms with Crippen molar-refractivity contribution < 1.29 is 28.7 Å². The molecule has 4 aromatic carbocycles. The molecule has 1 N–H and O–H groups in total. The number of amides is 2. The van der Waals surface area contributed by atoms with Crippen LogP contribution in [0.1, 0.15) is 40.7 Å². The number of carbonyl (C=O) groups excluding carboxylic acids is 3. The molecule has 0 aromatic heterocycles. The summed E-state index contributed by atoms with van der Waals surface area (Å²) in [5.74, 6) is -1.45. The van der Waals surface area contributed by atoms with Gasteiger partial charge in [0.2, 0.25) is 5.91 Å². The standard InChI is InChI=1S/C34H32N2O6/c1-36(40-2)31(37)21-30(33(38)42-32(23-13-5-3-6-14-23)24-15-7-4-8-16-24)35-34(39)41-22-29-27-19-11-9-17-25(27)26-18-10-12-20-28(26)29/h3-20,29-30,32H,21-22H2,1-2H3,(H,35,39). The van der Waals surface area contributed by atoms with Crippen LogP contribution in [0.25, 0.3) is 11.1 Å². The fraction of sp³-hybridized carbons (Fsp3) is 0.206. The highest BCUT2D eigenvalue weighted by molar-refractivity contribution is 5.88. The highest BCUT2D eigenvalue weighted by Gasteiger charge is 2.32. The number of esters is 1. The molecule has 1 aliphatic rings. The molecule has 8 heteroatoms.